The second-order valence-corrected chi connectivity index (χ2v) is 7.27. The van der Waals surface area contributed by atoms with E-state index in [1.165, 1.54) is 43.4 Å². The van der Waals surface area contributed by atoms with Crippen LogP contribution in [-0.4, -0.2) is 13.6 Å². The summed E-state index contributed by atoms with van der Waals surface area (Å²) in [5.41, 5.74) is 3.53. The Labute approximate surface area is 117 Å². The molecule has 0 bridgehead atoms. The third-order valence-corrected chi connectivity index (χ3v) is 5.24. The predicted octanol–water partition coefficient (Wildman–Crippen LogP) is 3.99. The minimum absolute atomic E-state index is 0.543. The van der Waals surface area contributed by atoms with Crippen molar-refractivity contribution in [3.05, 3.63) is 35.4 Å². The number of hydrogen-bond donors (Lipinski definition) is 1. The highest BCUT2D eigenvalue weighted by Crippen LogP contribution is 2.60. The van der Waals surface area contributed by atoms with Gasteiger partial charge in [0, 0.05) is 6.54 Å². The molecule has 104 valence electrons. The Morgan fingerprint density at radius 1 is 1.16 bits per heavy atom. The fourth-order valence-corrected chi connectivity index (χ4v) is 4.19. The molecule has 1 aromatic carbocycles. The summed E-state index contributed by atoms with van der Waals surface area (Å²) in [4.78, 5) is 0. The third-order valence-electron chi connectivity index (χ3n) is 5.24. The molecule has 1 nitrogen and oxygen atoms in total. The lowest BCUT2D eigenvalue weighted by molar-refractivity contribution is 0.255. The molecule has 2 aliphatic carbocycles. The first kappa shape index (κ1) is 13.2. The Morgan fingerprint density at radius 2 is 1.79 bits per heavy atom. The fraction of sp³-hybridized carbons (Fsp3) is 0.667. The molecule has 0 aliphatic heterocycles. The average molecular weight is 257 g/mol. The highest BCUT2D eigenvalue weighted by molar-refractivity contribution is 5.26. The maximum atomic E-state index is 3.44. The molecule has 0 amide bonds. The average Bonchev–Trinajstić information content (AvgIpc) is 2.98. The van der Waals surface area contributed by atoms with E-state index >= 15 is 0 Å². The summed E-state index contributed by atoms with van der Waals surface area (Å²) < 4.78 is 0. The lowest BCUT2D eigenvalue weighted by atomic mass is 9.77. The zero-order chi connectivity index (χ0) is 13.5. The molecule has 0 aromatic heterocycles. The molecule has 1 N–H and O–H groups in total. The SMILES string of the molecule is CNCC1(Cc2ccc(C(C)C)cc2)CC2CC2C1. The van der Waals surface area contributed by atoms with Gasteiger partial charge in [-0.2, -0.15) is 0 Å². The maximum absolute atomic E-state index is 3.44. The zero-order valence-electron chi connectivity index (χ0n) is 12.6. The van der Waals surface area contributed by atoms with Gasteiger partial charge in [-0.25, -0.2) is 0 Å². The molecule has 2 saturated carbocycles. The summed E-state index contributed by atoms with van der Waals surface area (Å²) in [5.74, 6) is 2.76. The van der Waals surface area contributed by atoms with Gasteiger partial charge in [-0.15, -0.1) is 0 Å². The number of rotatable bonds is 5. The summed E-state index contributed by atoms with van der Waals surface area (Å²) in [6, 6.07) is 9.36. The van der Waals surface area contributed by atoms with Crippen LogP contribution in [0, 0.1) is 17.3 Å². The molecule has 2 fully saturated rings. The van der Waals surface area contributed by atoms with Crippen LogP contribution < -0.4 is 5.32 Å². The molecule has 1 aromatic rings. The first-order valence-corrected chi connectivity index (χ1v) is 7.85. The topological polar surface area (TPSA) is 12.0 Å². The van der Waals surface area contributed by atoms with Gasteiger partial charge in [0.25, 0.3) is 0 Å². The van der Waals surface area contributed by atoms with Crippen LogP contribution in [0.4, 0.5) is 0 Å². The van der Waals surface area contributed by atoms with Gasteiger partial charge in [0.1, 0.15) is 0 Å². The van der Waals surface area contributed by atoms with Gasteiger partial charge in [0.2, 0.25) is 0 Å². The van der Waals surface area contributed by atoms with E-state index in [9.17, 15) is 0 Å². The zero-order valence-corrected chi connectivity index (χ0v) is 12.6. The van der Waals surface area contributed by atoms with Gasteiger partial charge in [-0.1, -0.05) is 38.1 Å². The summed E-state index contributed by atoms with van der Waals surface area (Å²) in [6.07, 6.45) is 5.67. The Morgan fingerprint density at radius 3 is 2.32 bits per heavy atom. The van der Waals surface area contributed by atoms with Crippen molar-refractivity contribution in [2.24, 2.45) is 17.3 Å². The molecule has 2 atom stereocenters. The van der Waals surface area contributed by atoms with Crippen molar-refractivity contribution in [1.29, 1.82) is 0 Å². The molecule has 3 rings (SSSR count). The largest absolute Gasteiger partial charge is 0.319 e. The first-order chi connectivity index (χ1) is 9.12. The van der Waals surface area contributed by atoms with E-state index in [2.05, 4.69) is 50.5 Å². The third kappa shape index (κ3) is 2.72. The fourth-order valence-electron chi connectivity index (χ4n) is 4.19. The van der Waals surface area contributed by atoms with Crippen LogP contribution in [0.25, 0.3) is 0 Å². The van der Waals surface area contributed by atoms with Crippen LogP contribution in [0.3, 0.4) is 0 Å². The van der Waals surface area contributed by atoms with E-state index in [-0.39, 0.29) is 0 Å². The van der Waals surface area contributed by atoms with E-state index in [0.717, 1.165) is 11.8 Å². The highest BCUT2D eigenvalue weighted by atomic mass is 14.8. The Bertz CT molecular complexity index is 422. The highest BCUT2D eigenvalue weighted by Gasteiger charge is 2.53. The maximum Gasteiger partial charge on any atom is 0.000820 e. The van der Waals surface area contributed by atoms with Gasteiger partial charge in [-0.05, 0) is 67.0 Å². The number of hydrogen-bond acceptors (Lipinski definition) is 1. The number of benzene rings is 1. The smallest absolute Gasteiger partial charge is 0.000820 e. The first-order valence-electron chi connectivity index (χ1n) is 7.85. The molecule has 2 aliphatic rings. The van der Waals surface area contributed by atoms with Crippen LogP contribution in [-0.2, 0) is 6.42 Å². The Kier molecular flexibility index (Phi) is 3.42. The van der Waals surface area contributed by atoms with Gasteiger partial charge in [0.05, 0.1) is 0 Å². The lowest BCUT2D eigenvalue weighted by Gasteiger charge is -2.31. The summed E-state index contributed by atoms with van der Waals surface area (Å²) in [5, 5.41) is 3.44. The van der Waals surface area contributed by atoms with Crippen molar-refractivity contribution in [2.75, 3.05) is 13.6 Å². The van der Waals surface area contributed by atoms with Crippen LogP contribution in [0.15, 0.2) is 24.3 Å². The lowest BCUT2D eigenvalue weighted by Crippen LogP contribution is -2.33. The van der Waals surface area contributed by atoms with E-state index < -0.39 is 0 Å². The molecular weight excluding hydrogens is 230 g/mol. The molecule has 0 saturated heterocycles. The standard InChI is InChI=1S/C18H27N/c1-13(2)15-6-4-14(5-7-15)9-18(12-19-3)10-16-8-17(16)11-18/h4-7,13,16-17,19H,8-12H2,1-3H3. The minimum atomic E-state index is 0.543. The van der Waals surface area contributed by atoms with Crippen LogP contribution in [0.1, 0.15) is 50.2 Å². The monoisotopic (exact) mass is 257 g/mol. The Hall–Kier alpha value is -0.820. The molecule has 2 unspecified atom stereocenters. The molecule has 19 heavy (non-hydrogen) atoms. The van der Waals surface area contributed by atoms with Crippen molar-refractivity contribution in [1.82, 2.24) is 5.32 Å². The van der Waals surface area contributed by atoms with Gasteiger partial charge in [-0.3, -0.25) is 0 Å². The van der Waals surface area contributed by atoms with E-state index in [4.69, 9.17) is 0 Å². The Balaban J connectivity index is 1.71. The molecule has 0 heterocycles. The second-order valence-electron chi connectivity index (χ2n) is 7.27. The van der Waals surface area contributed by atoms with Crippen molar-refractivity contribution in [3.8, 4) is 0 Å². The van der Waals surface area contributed by atoms with E-state index in [1.807, 2.05) is 0 Å². The van der Waals surface area contributed by atoms with E-state index in [1.54, 1.807) is 0 Å². The van der Waals surface area contributed by atoms with Crippen LogP contribution >= 0.6 is 0 Å². The molecule has 0 spiro atoms. The number of fused-ring (bicyclic) bond motifs is 1. The molecule has 1 heteroatoms. The molecule has 0 radical (unpaired) electrons. The van der Waals surface area contributed by atoms with Gasteiger partial charge < -0.3 is 5.32 Å². The summed E-state index contributed by atoms with van der Waals surface area (Å²) in [6.45, 7) is 5.72. The van der Waals surface area contributed by atoms with Crippen molar-refractivity contribution < 1.29 is 0 Å². The normalized spacial score (nSPS) is 32.6. The van der Waals surface area contributed by atoms with E-state index in [0.29, 0.717) is 11.3 Å². The predicted molar refractivity (Wildman–Crippen MR) is 81.4 cm³/mol. The van der Waals surface area contributed by atoms with Crippen molar-refractivity contribution in [2.45, 2.75) is 45.4 Å². The van der Waals surface area contributed by atoms with Crippen molar-refractivity contribution >= 4 is 0 Å². The van der Waals surface area contributed by atoms with Crippen molar-refractivity contribution in [3.63, 3.8) is 0 Å². The van der Waals surface area contributed by atoms with Gasteiger partial charge in [0.15, 0.2) is 0 Å². The summed E-state index contributed by atoms with van der Waals surface area (Å²) >= 11 is 0. The van der Waals surface area contributed by atoms with Crippen LogP contribution in [0.5, 0.6) is 0 Å². The number of nitrogens with one attached hydrogen (secondary N) is 1. The molecular formula is C18H27N. The van der Waals surface area contributed by atoms with Gasteiger partial charge >= 0.3 is 0 Å². The second kappa shape index (κ2) is 4.94. The quantitative estimate of drug-likeness (QED) is 0.841. The van der Waals surface area contributed by atoms with Crippen LogP contribution in [0.2, 0.25) is 0 Å². The minimum Gasteiger partial charge on any atom is -0.319 e. The summed E-state index contributed by atoms with van der Waals surface area (Å²) in [7, 11) is 2.10.